The van der Waals surface area contributed by atoms with Crippen molar-refractivity contribution in [3.8, 4) is 17.2 Å². The second-order valence-corrected chi connectivity index (χ2v) is 4.99. The number of nitrogens with zero attached hydrogens (tertiary/aromatic N) is 2. The summed E-state index contributed by atoms with van der Waals surface area (Å²) in [6, 6.07) is 6.46. The van der Waals surface area contributed by atoms with Crippen molar-refractivity contribution in [3.05, 3.63) is 51.0 Å². The van der Waals surface area contributed by atoms with Gasteiger partial charge in [-0.05, 0) is 23.8 Å². The topological polar surface area (TPSA) is 36.7 Å². The lowest BCUT2D eigenvalue weighted by molar-refractivity contribution is 0.586. The van der Waals surface area contributed by atoms with Gasteiger partial charge in [-0.15, -0.1) is 0 Å². The number of benzene rings is 1. The van der Waals surface area contributed by atoms with Crippen molar-refractivity contribution in [2.24, 2.45) is 0 Å². The first-order valence-electron chi connectivity index (χ1n) is 5.19. The highest BCUT2D eigenvalue weighted by Crippen LogP contribution is 2.37. The predicted octanol–water partition coefficient (Wildman–Crippen LogP) is 4.91. The number of hydrogen-bond acceptors (Lipinski definition) is 2. The van der Waals surface area contributed by atoms with E-state index in [4.69, 9.17) is 40.1 Å². The van der Waals surface area contributed by atoms with Crippen LogP contribution in [0, 0.1) is 17.3 Å². The molecule has 0 amide bonds. The van der Waals surface area contributed by atoms with Crippen molar-refractivity contribution in [2.75, 3.05) is 0 Å². The molecule has 0 unspecified atom stereocenters. The van der Waals surface area contributed by atoms with Gasteiger partial charge in [0.25, 0.3) is 0 Å². The first kappa shape index (κ1) is 14.1. The van der Waals surface area contributed by atoms with Crippen LogP contribution in [0.4, 0.5) is 4.39 Å². The molecule has 0 radical (unpaired) electrons. The fourth-order valence-corrected chi connectivity index (χ4v) is 2.32. The predicted molar refractivity (Wildman–Crippen MR) is 74.0 cm³/mol. The second kappa shape index (κ2) is 5.75. The monoisotopic (exact) mass is 314 g/mol. The average molecular weight is 316 g/mol. The van der Waals surface area contributed by atoms with Crippen molar-refractivity contribution in [1.29, 1.82) is 5.26 Å². The van der Waals surface area contributed by atoms with Crippen molar-refractivity contribution in [2.45, 2.75) is 6.42 Å². The number of hydrogen-bond donors (Lipinski definition) is 0. The first-order chi connectivity index (χ1) is 9.02. The molecule has 1 heterocycles. The molecule has 2 aromatic rings. The Bertz CT molecular complexity index is 680. The van der Waals surface area contributed by atoms with E-state index in [1.807, 2.05) is 6.07 Å². The van der Waals surface area contributed by atoms with Crippen LogP contribution in [-0.4, -0.2) is 4.98 Å². The third-order valence-corrected chi connectivity index (χ3v) is 3.48. The van der Waals surface area contributed by atoms with Crippen LogP contribution in [0.2, 0.25) is 15.1 Å². The Morgan fingerprint density at radius 2 is 1.89 bits per heavy atom. The molecule has 0 bridgehead atoms. The van der Waals surface area contributed by atoms with Crippen molar-refractivity contribution >= 4 is 34.8 Å². The van der Waals surface area contributed by atoms with Gasteiger partial charge in [-0.25, -0.2) is 4.98 Å². The molecule has 96 valence electrons. The highest BCUT2D eigenvalue weighted by molar-refractivity contribution is 6.45. The summed E-state index contributed by atoms with van der Waals surface area (Å²) in [6.07, 6.45) is 1.44. The minimum atomic E-state index is -0.693. The third kappa shape index (κ3) is 2.98. The molecule has 2 nitrogen and oxygen atoms in total. The van der Waals surface area contributed by atoms with Crippen molar-refractivity contribution in [3.63, 3.8) is 0 Å². The fourth-order valence-electron chi connectivity index (χ4n) is 1.62. The van der Waals surface area contributed by atoms with E-state index >= 15 is 0 Å². The molecule has 1 aromatic heterocycles. The van der Waals surface area contributed by atoms with Crippen LogP contribution in [0.15, 0.2) is 24.4 Å². The summed E-state index contributed by atoms with van der Waals surface area (Å²) < 4.78 is 13.8. The van der Waals surface area contributed by atoms with Crippen LogP contribution < -0.4 is 0 Å². The Morgan fingerprint density at radius 1 is 1.16 bits per heavy atom. The van der Waals surface area contributed by atoms with E-state index in [1.165, 1.54) is 24.4 Å². The van der Waals surface area contributed by atoms with Gasteiger partial charge >= 0.3 is 0 Å². The summed E-state index contributed by atoms with van der Waals surface area (Å²) in [4.78, 5) is 3.61. The molecule has 19 heavy (non-hydrogen) atoms. The van der Waals surface area contributed by atoms with Crippen LogP contribution >= 0.6 is 34.8 Å². The fraction of sp³-hybridized carbons (Fsp3) is 0.0769. The summed E-state index contributed by atoms with van der Waals surface area (Å²) in [6.45, 7) is 0. The van der Waals surface area contributed by atoms with E-state index in [1.54, 1.807) is 0 Å². The molecule has 6 heteroatoms. The number of halogens is 4. The second-order valence-electron chi connectivity index (χ2n) is 3.77. The van der Waals surface area contributed by atoms with Gasteiger partial charge in [0.05, 0.1) is 22.5 Å². The summed E-state index contributed by atoms with van der Waals surface area (Å²) in [5.41, 5.74) is 1.11. The van der Waals surface area contributed by atoms with Gasteiger partial charge in [-0.1, -0.05) is 34.8 Å². The number of rotatable bonds is 2. The SMILES string of the molecule is N#CCc1cnc(F)c(-c2cc(Cl)cc(Cl)c2Cl)c1. The molecule has 0 aliphatic rings. The van der Waals surface area contributed by atoms with Crippen LogP contribution in [0.3, 0.4) is 0 Å². The summed E-state index contributed by atoms with van der Waals surface area (Å²) in [5.74, 6) is -0.693. The lowest BCUT2D eigenvalue weighted by Gasteiger charge is -2.09. The molecule has 0 aliphatic heterocycles. The zero-order chi connectivity index (χ0) is 14.0. The van der Waals surface area contributed by atoms with Gasteiger partial charge < -0.3 is 0 Å². The van der Waals surface area contributed by atoms with E-state index in [-0.39, 0.29) is 22.0 Å². The van der Waals surface area contributed by atoms with Gasteiger partial charge in [0.2, 0.25) is 5.95 Å². The molecule has 0 aliphatic carbocycles. The quantitative estimate of drug-likeness (QED) is 0.583. The van der Waals surface area contributed by atoms with E-state index in [0.717, 1.165) is 0 Å². The van der Waals surface area contributed by atoms with Gasteiger partial charge in [-0.3, -0.25) is 0 Å². The van der Waals surface area contributed by atoms with E-state index in [9.17, 15) is 4.39 Å². The number of pyridine rings is 1. The molecule has 0 N–H and O–H groups in total. The molecule has 2 rings (SSSR count). The minimum Gasteiger partial charge on any atom is -0.227 e. The van der Waals surface area contributed by atoms with Crippen LogP contribution in [0.25, 0.3) is 11.1 Å². The molecular weight excluding hydrogens is 310 g/mol. The third-order valence-electron chi connectivity index (χ3n) is 2.46. The highest BCUT2D eigenvalue weighted by atomic mass is 35.5. The van der Waals surface area contributed by atoms with E-state index < -0.39 is 5.95 Å². The maximum absolute atomic E-state index is 13.8. The average Bonchev–Trinajstić information content (AvgIpc) is 2.36. The van der Waals surface area contributed by atoms with Gasteiger partial charge in [0.1, 0.15) is 0 Å². The first-order valence-corrected chi connectivity index (χ1v) is 6.32. The minimum absolute atomic E-state index is 0.131. The Balaban J connectivity index is 2.65. The Morgan fingerprint density at radius 3 is 2.58 bits per heavy atom. The standard InChI is InChI=1S/C13H6Cl3FN2/c14-8-4-9(12(16)11(15)5-8)10-3-7(1-2-18)6-19-13(10)17/h3-6H,1H2. The normalized spacial score (nSPS) is 10.3. The number of aromatic nitrogens is 1. The van der Waals surface area contributed by atoms with E-state index in [2.05, 4.69) is 4.98 Å². The van der Waals surface area contributed by atoms with Crippen LogP contribution in [-0.2, 0) is 6.42 Å². The highest BCUT2D eigenvalue weighted by Gasteiger charge is 2.14. The maximum Gasteiger partial charge on any atom is 0.220 e. The Hall–Kier alpha value is -1.34. The van der Waals surface area contributed by atoms with E-state index in [0.29, 0.717) is 16.1 Å². The Kier molecular flexibility index (Phi) is 4.26. The van der Waals surface area contributed by atoms with Crippen molar-refractivity contribution in [1.82, 2.24) is 4.98 Å². The van der Waals surface area contributed by atoms with Crippen LogP contribution in [0.1, 0.15) is 5.56 Å². The summed E-state index contributed by atoms with van der Waals surface area (Å²) in [7, 11) is 0. The molecule has 0 fully saturated rings. The Labute approximate surface area is 124 Å². The maximum atomic E-state index is 13.8. The van der Waals surface area contributed by atoms with Crippen molar-refractivity contribution < 1.29 is 4.39 Å². The van der Waals surface area contributed by atoms with Gasteiger partial charge in [-0.2, -0.15) is 9.65 Å². The summed E-state index contributed by atoms with van der Waals surface area (Å²) in [5, 5.41) is 9.42. The van der Waals surface area contributed by atoms with Gasteiger partial charge in [0, 0.05) is 22.3 Å². The lowest BCUT2D eigenvalue weighted by atomic mass is 10.0. The van der Waals surface area contributed by atoms with Crippen LogP contribution in [0.5, 0.6) is 0 Å². The molecule has 1 aromatic carbocycles. The largest absolute Gasteiger partial charge is 0.227 e. The molecule has 0 saturated heterocycles. The van der Waals surface area contributed by atoms with Gasteiger partial charge in [0.15, 0.2) is 0 Å². The number of nitriles is 1. The lowest BCUT2D eigenvalue weighted by Crippen LogP contribution is -1.94. The molecule has 0 saturated carbocycles. The zero-order valence-corrected chi connectivity index (χ0v) is 11.7. The smallest absolute Gasteiger partial charge is 0.220 e. The zero-order valence-electron chi connectivity index (χ0n) is 9.42. The molecule has 0 spiro atoms. The summed E-state index contributed by atoms with van der Waals surface area (Å²) >= 11 is 17.8. The molecular formula is C13H6Cl3FN2. The molecule has 0 atom stereocenters.